The van der Waals surface area contributed by atoms with E-state index in [9.17, 15) is 14.4 Å². The van der Waals surface area contributed by atoms with Crippen molar-refractivity contribution in [1.29, 1.82) is 0 Å². The van der Waals surface area contributed by atoms with E-state index >= 15 is 0 Å². The topological polar surface area (TPSA) is 95.9 Å². The number of fused-ring (bicyclic) bond motifs is 1. The quantitative estimate of drug-likeness (QED) is 0.808. The van der Waals surface area contributed by atoms with E-state index in [0.29, 0.717) is 24.1 Å². The Hall–Kier alpha value is -2.41. The lowest BCUT2D eigenvalue weighted by atomic mass is 10.00. The summed E-state index contributed by atoms with van der Waals surface area (Å²) in [5, 5.41) is 11.7. The molecule has 118 valence electrons. The molecule has 0 aliphatic carbocycles. The van der Waals surface area contributed by atoms with Crippen LogP contribution in [0, 0.1) is 0 Å². The predicted molar refractivity (Wildman–Crippen MR) is 78.8 cm³/mol. The first-order chi connectivity index (χ1) is 10.5. The van der Waals surface area contributed by atoms with Crippen molar-refractivity contribution in [3.05, 3.63) is 29.3 Å². The number of aryl methyl sites for hydroxylation is 1. The van der Waals surface area contributed by atoms with Crippen LogP contribution >= 0.6 is 0 Å². The molecule has 1 heterocycles. The zero-order chi connectivity index (χ0) is 16.1. The Morgan fingerprint density at radius 3 is 2.82 bits per heavy atom. The lowest BCUT2D eigenvalue weighted by Gasteiger charge is -2.22. The van der Waals surface area contributed by atoms with Crippen LogP contribution in [0.1, 0.15) is 22.3 Å². The second kappa shape index (κ2) is 7.04. The average Bonchev–Trinajstić information content (AvgIpc) is 2.49. The minimum atomic E-state index is -1.07. The number of benzene rings is 1. The predicted octanol–water partition coefficient (Wildman–Crippen LogP) is 0.744. The number of methoxy groups -OCH3 is 1. The molecule has 2 N–H and O–H groups in total. The van der Waals surface area contributed by atoms with E-state index in [1.54, 1.807) is 18.2 Å². The summed E-state index contributed by atoms with van der Waals surface area (Å²) in [4.78, 5) is 35.9. The molecule has 0 spiro atoms. The molecule has 2 amide bonds. The Kier molecular flexibility index (Phi) is 5.11. The van der Waals surface area contributed by atoms with E-state index < -0.39 is 5.97 Å². The van der Waals surface area contributed by atoms with Gasteiger partial charge in [0, 0.05) is 31.3 Å². The zero-order valence-corrected chi connectivity index (χ0v) is 12.3. The maximum Gasteiger partial charge on any atom is 0.323 e. The number of carbonyl (C=O) groups excluding carboxylic acids is 2. The normalized spacial score (nSPS) is 13.2. The molecule has 0 bridgehead atoms. The molecule has 0 fully saturated rings. The number of carbonyl (C=O) groups is 3. The summed E-state index contributed by atoms with van der Waals surface area (Å²) in [7, 11) is 1.49. The number of nitrogens with zero attached hydrogens (tertiary/aromatic N) is 1. The van der Waals surface area contributed by atoms with Crippen molar-refractivity contribution in [2.45, 2.75) is 12.8 Å². The summed E-state index contributed by atoms with van der Waals surface area (Å²) in [6, 6.07) is 4.97. The van der Waals surface area contributed by atoms with Gasteiger partial charge in [0.2, 0.25) is 5.91 Å². The van der Waals surface area contributed by atoms with Crippen molar-refractivity contribution < 1.29 is 24.2 Å². The summed E-state index contributed by atoms with van der Waals surface area (Å²) in [5.74, 6) is -1.48. The van der Waals surface area contributed by atoms with Crippen LogP contribution in [0.25, 0.3) is 0 Å². The fourth-order valence-corrected chi connectivity index (χ4v) is 2.32. The largest absolute Gasteiger partial charge is 0.480 e. The number of aliphatic carboxylic acids is 1. The van der Waals surface area contributed by atoms with Crippen molar-refractivity contribution in [1.82, 2.24) is 4.90 Å². The fourth-order valence-electron chi connectivity index (χ4n) is 2.32. The summed E-state index contributed by atoms with van der Waals surface area (Å²) >= 11 is 0. The Bertz CT molecular complexity index is 600. The highest BCUT2D eigenvalue weighted by Gasteiger charge is 2.21. The van der Waals surface area contributed by atoms with Gasteiger partial charge in [0.25, 0.3) is 5.91 Å². The summed E-state index contributed by atoms with van der Waals surface area (Å²) in [6.45, 7) is 0.0888. The number of carboxylic acid groups (broad SMARTS) is 1. The van der Waals surface area contributed by atoms with E-state index in [1.165, 1.54) is 12.0 Å². The molecule has 0 saturated heterocycles. The first kappa shape index (κ1) is 16.0. The molecule has 22 heavy (non-hydrogen) atoms. The number of rotatable bonds is 6. The Balaban J connectivity index is 2.19. The highest BCUT2D eigenvalue weighted by molar-refractivity contribution is 5.98. The van der Waals surface area contributed by atoms with E-state index in [0.717, 1.165) is 5.56 Å². The number of amides is 2. The van der Waals surface area contributed by atoms with Crippen LogP contribution in [-0.2, 0) is 20.7 Å². The van der Waals surface area contributed by atoms with Gasteiger partial charge >= 0.3 is 5.97 Å². The van der Waals surface area contributed by atoms with Gasteiger partial charge in [-0.25, -0.2) is 0 Å². The SMILES string of the molecule is COCCN(CC(=O)O)C(=O)c1ccc2c(c1)CCC(=O)N2. The second-order valence-electron chi connectivity index (χ2n) is 5.03. The minimum absolute atomic E-state index is 0.0424. The third-order valence-corrected chi connectivity index (χ3v) is 3.43. The van der Waals surface area contributed by atoms with Gasteiger partial charge in [-0.1, -0.05) is 0 Å². The van der Waals surface area contributed by atoms with E-state index in [-0.39, 0.29) is 31.5 Å². The molecule has 0 aromatic heterocycles. The minimum Gasteiger partial charge on any atom is -0.480 e. The third-order valence-electron chi connectivity index (χ3n) is 3.43. The molecular formula is C15H18N2O5. The smallest absolute Gasteiger partial charge is 0.323 e. The van der Waals surface area contributed by atoms with Crippen molar-refractivity contribution in [3.8, 4) is 0 Å². The Morgan fingerprint density at radius 2 is 2.14 bits per heavy atom. The van der Waals surface area contributed by atoms with E-state index in [4.69, 9.17) is 9.84 Å². The Morgan fingerprint density at radius 1 is 1.36 bits per heavy atom. The van der Waals surface area contributed by atoms with Gasteiger partial charge in [0.15, 0.2) is 0 Å². The fraction of sp³-hybridized carbons (Fsp3) is 0.400. The molecular weight excluding hydrogens is 288 g/mol. The van der Waals surface area contributed by atoms with Gasteiger partial charge in [-0.05, 0) is 30.2 Å². The molecule has 1 aromatic rings. The number of anilines is 1. The van der Waals surface area contributed by atoms with Gasteiger partial charge in [-0.2, -0.15) is 0 Å². The van der Waals surface area contributed by atoms with Gasteiger partial charge in [0.1, 0.15) is 6.54 Å². The molecule has 1 aliphatic rings. The first-order valence-electron chi connectivity index (χ1n) is 6.94. The van der Waals surface area contributed by atoms with Crippen LogP contribution in [0.4, 0.5) is 5.69 Å². The summed E-state index contributed by atoms with van der Waals surface area (Å²) < 4.78 is 4.91. The van der Waals surface area contributed by atoms with Crippen molar-refractivity contribution in [2.75, 3.05) is 32.1 Å². The molecule has 7 heteroatoms. The number of nitrogens with one attached hydrogen (secondary N) is 1. The van der Waals surface area contributed by atoms with Crippen LogP contribution in [0.2, 0.25) is 0 Å². The number of hydrogen-bond donors (Lipinski definition) is 2. The molecule has 2 rings (SSSR count). The Labute approximate surface area is 127 Å². The lowest BCUT2D eigenvalue weighted by molar-refractivity contribution is -0.137. The van der Waals surface area contributed by atoms with Gasteiger partial charge in [0.05, 0.1) is 6.61 Å². The molecule has 7 nitrogen and oxygen atoms in total. The van der Waals surface area contributed by atoms with Crippen LogP contribution in [0.15, 0.2) is 18.2 Å². The number of hydrogen-bond acceptors (Lipinski definition) is 4. The maximum atomic E-state index is 12.5. The van der Waals surface area contributed by atoms with Crippen LogP contribution in [0.5, 0.6) is 0 Å². The maximum absolute atomic E-state index is 12.5. The van der Waals surface area contributed by atoms with E-state index in [1.807, 2.05) is 0 Å². The highest BCUT2D eigenvalue weighted by Crippen LogP contribution is 2.24. The molecule has 0 atom stereocenters. The third kappa shape index (κ3) is 3.82. The zero-order valence-electron chi connectivity index (χ0n) is 12.3. The van der Waals surface area contributed by atoms with Gasteiger partial charge in [-0.15, -0.1) is 0 Å². The average molecular weight is 306 g/mol. The van der Waals surface area contributed by atoms with Gasteiger partial charge in [-0.3, -0.25) is 14.4 Å². The lowest BCUT2D eigenvalue weighted by Crippen LogP contribution is -2.38. The van der Waals surface area contributed by atoms with E-state index in [2.05, 4.69) is 5.32 Å². The van der Waals surface area contributed by atoms with Crippen molar-refractivity contribution in [3.63, 3.8) is 0 Å². The van der Waals surface area contributed by atoms with Gasteiger partial charge < -0.3 is 20.1 Å². The molecule has 1 aromatic carbocycles. The molecule has 0 saturated carbocycles. The first-order valence-corrected chi connectivity index (χ1v) is 6.94. The molecule has 1 aliphatic heterocycles. The summed E-state index contributed by atoms with van der Waals surface area (Å²) in [6.07, 6.45) is 0.951. The van der Waals surface area contributed by atoms with Crippen molar-refractivity contribution in [2.24, 2.45) is 0 Å². The number of carboxylic acids is 1. The van der Waals surface area contributed by atoms with Crippen LogP contribution in [0.3, 0.4) is 0 Å². The molecule has 0 radical (unpaired) electrons. The second-order valence-corrected chi connectivity index (χ2v) is 5.03. The van der Waals surface area contributed by atoms with Crippen LogP contribution in [-0.4, -0.2) is 54.6 Å². The number of ether oxygens (including phenoxy) is 1. The standard InChI is InChI=1S/C15H18N2O5/c1-22-7-6-17(9-14(19)20)15(21)11-2-4-12-10(8-11)3-5-13(18)16-12/h2,4,8H,3,5-7,9H2,1H3,(H,16,18)(H,19,20). The van der Waals surface area contributed by atoms with Crippen LogP contribution < -0.4 is 5.32 Å². The van der Waals surface area contributed by atoms with Crippen molar-refractivity contribution >= 4 is 23.5 Å². The summed E-state index contributed by atoms with van der Waals surface area (Å²) in [5.41, 5.74) is 1.99. The monoisotopic (exact) mass is 306 g/mol. The molecule has 0 unspecified atom stereocenters. The highest BCUT2D eigenvalue weighted by atomic mass is 16.5.